The Morgan fingerprint density at radius 2 is 0.625 bits per heavy atom. The highest BCUT2D eigenvalue weighted by molar-refractivity contribution is 5.76. The average Bonchev–Trinajstić information content (AvgIpc) is 3.46. The molecule has 0 heterocycles. The van der Waals surface area contributed by atoms with E-state index >= 15 is 0 Å². The van der Waals surface area contributed by atoms with Crippen molar-refractivity contribution in [2.75, 3.05) is 13.2 Å². The van der Waals surface area contributed by atoms with Crippen molar-refractivity contribution in [3.8, 4) is 0 Å². The fourth-order valence-electron chi connectivity index (χ4n) is 11.1. The van der Waals surface area contributed by atoms with Crippen molar-refractivity contribution in [3.05, 3.63) is 48.6 Å². The van der Waals surface area contributed by atoms with Crippen molar-refractivity contribution in [2.45, 2.75) is 398 Å². The fraction of sp³-hybridized carbons (Fsp3) is 0.865. The lowest BCUT2D eigenvalue weighted by molar-refractivity contribution is -0.143. The van der Waals surface area contributed by atoms with Crippen molar-refractivity contribution < 1.29 is 24.5 Å². The summed E-state index contributed by atoms with van der Waals surface area (Å²) in [6.07, 6.45) is 90.3. The topological polar surface area (TPSA) is 95.9 Å². The highest BCUT2D eigenvalue weighted by atomic mass is 16.5. The van der Waals surface area contributed by atoms with Gasteiger partial charge in [0.1, 0.15) is 0 Å². The number of carbonyl (C=O) groups excluding carboxylic acids is 2. The minimum Gasteiger partial charge on any atom is -0.466 e. The van der Waals surface area contributed by atoms with Gasteiger partial charge in [-0.05, 0) is 89.9 Å². The lowest BCUT2D eigenvalue weighted by atomic mass is 10.0. The molecule has 3 N–H and O–H groups in total. The molecule has 0 fully saturated rings. The first-order valence-corrected chi connectivity index (χ1v) is 35.9. The SMILES string of the molecule is CCCCC/C=C\C/C=C\CCCCCCCCCC(=O)OCCCCCCCCCCC/C=C\C/C=C\CCCCCCCCCCCCCCCCCCCC(=O)NC(CO)C(O)CCCCCCCCCCCCCCC. The average molecular weight is 1120 g/mol. The second-order valence-corrected chi connectivity index (χ2v) is 24.6. The second kappa shape index (κ2) is 69.3. The summed E-state index contributed by atoms with van der Waals surface area (Å²) in [5.41, 5.74) is 0. The van der Waals surface area contributed by atoms with Gasteiger partial charge in [-0.1, -0.05) is 332 Å². The number of nitrogens with one attached hydrogen (secondary N) is 1. The largest absolute Gasteiger partial charge is 0.466 e. The van der Waals surface area contributed by atoms with Crippen LogP contribution in [0.4, 0.5) is 0 Å². The molecule has 0 aromatic heterocycles. The monoisotopic (exact) mass is 1120 g/mol. The van der Waals surface area contributed by atoms with Gasteiger partial charge in [0, 0.05) is 12.8 Å². The van der Waals surface area contributed by atoms with E-state index in [1.54, 1.807) is 0 Å². The van der Waals surface area contributed by atoms with E-state index in [2.05, 4.69) is 67.8 Å². The molecule has 0 spiro atoms. The first-order valence-electron chi connectivity index (χ1n) is 35.9. The summed E-state index contributed by atoms with van der Waals surface area (Å²) in [4.78, 5) is 24.6. The van der Waals surface area contributed by atoms with Crippen LogP contribution >= 0.6 is 0 Å². The molecule has 0 bridgehead atoms. The Labute approximate surface area is 499 Å². The molecular weight excluding hydrogens is 983 g/mol. The minimum absolute atomic E-state index is 0.00651. The van der Waals surface area contributed by atoms with E-state index in [-0.39, 0.29) is 18.5 Å². The van der Waals surface area contributed by atoms with E-state index in [1.165, 1.54) is 295 Å². The molecule has 0 aromatic rings. The fourth-order valence-corrected chi connectivity index (χ4v) is 11.1. The molecule has 6 heteroatoms. The Morgan fingerprint density at radius 1 is 0.350 bits per heavy atom. The lowest BCUT2D eigenvalue weighted by Crippen LogP contribution is -2.45. The van der Waals surface area contributed by atoms with E-state index in [4.69, 9.17) is 4.74 Å². The molecule has 0 rings (SSSR count). The van der Waals surface area contributed by atoms with Crippen LogP contribution in [-0.2, 0) is 14.3 Å². The van der Waals surface area contributed by atoms with E-state index in [0.717, 1.165) is 57.8 Å². The number of amides is 1. The van der Waals surface area contributed by atoms with Crippen molar-refractivity contribution in [2.24, 2.45) is 0 Å². The number of aliphatic hydroxyl groups excluding tert-OH is 2. The first kappa shape index (κ1) is 77.8. The maximum Gasteiger partial charge on any atom is 0.305 e. The van der Waals surface area contributed by atoms with Crippen LogP contribution in [0, 0.1) is 0 Å². The van der Waals surface area contributed by atoms with Gasteiger partial charge in [0.25, 0.3) is 0 Å². The highest BCUT2D eigenvalue weighted by Gasteiger charge is 2.20. The number of rotatable bonds is 67. The van der Waals surface area contributed by atoms with Crippen LogP contribution in [0.25, 0.3) is 0 Å². The number of esters is 1. The van der Waals surface area contributed by atoms with Crippen molar-refractivity contribution in [3.63, 3.8) is 0 Å². The number of unbranched alkanes of at least 4 members (excludes halogenated alkanes) is 48. The number of hydrogen-bond donors (Lipinski definition) is 3. The molecule has 0 radical (unpaired) electrons. The summed E-state index contributed by atoms with van der Waals surface area (Å²) in [5.74, 6) is -0.0252. The number of hydrogen-bond acceptors (Lipinski definition) is 5. The number of allylic oxidation sites excluding steroid dienone is 8. The summed E-state index contributed by atoms with van der Waals surface area (Å²) in [6.45, 7) is 4.94. The van der Waals surface area contributed by atoms with Crippen LogP contribution in [0.5, 0.6) is 0 Å². The zero-order chi connectivity index (χ0) is 57.8. The molecule has 0 aromatic carbocycles. The third-order valence-corrected chi connectivity index (χ3v) is 16.6. The Hall–Kier alpha value is -2.18. The molecule has 0 aliphatic carbocycles. The summed E-state index contributed by atoms with van der Waals surface area (Å²) in [6, 6.07) is -0.540. The van der Waals surface area contributed by atoms with E-state index in [0.29, 0.717) is 25.9 Å². The molecule has 0 saturated heterocycles. The predicted octanol–water partition coefficient (Wildman–Crippen LogP) is 23.3. The maximum atomic E-state index is 12.5. The quantitative estimate of drug-likeness (QED) is 0.0320. The van der Waals surface area contributed by atoms with Crippen LogP contribution in [0.1, 0.15) is 386 Å². The molecule has 0 aliphatic rings. The van der Waals surface area contributed by atoms with Crippen LogP contribution in [0.15, 0.2) is 48.6 Å². The maximum absolute atomic E-state index is 12.5. The molecule has 1 amide bonds. The third kappa shape index (κ3) is 65.0. The number of aliphatic hydroxyl groups is 2. The van der Waals surface area contributed by atoms with Gasteiger partial charge in [0.2, 0.25) is 5.91 Å². The molecule has 2 unspecified atom stereocenters. The van der Waals surface area contributed by atoms with Gasteiger partial charge in [0.15, 0.2) is 0 Å². The Morgan fingerprint density at radius 3 is 0.975 bits per heavy atom. The second-order valence-electron chi connectivity index (χ2n) is 24.6. The molecular formula is C74H139NO5. The molecule has 0 saturated carbocycles. The Balaban J connectivity index is 3.37. The Kier molecular flexibility index (Phi) is 67.4. The molecule has 6 nitrogen and oxygen atoms in total. The van der Waals surface area contributed by atoms with Gasteiger partial charge in [0.05, 0.1) is 25.4 Å². The summed E-state index contributed by atoms with van der Waals surface area (Å²) < 4.78 is 5.49. The smallest absolute Gasteiger partial charge is 0.305 e. The van der Waals surface area contributed by atoms with Gasteiger partial charge >= 0.3 is 5.97 Å². The normalized spacial score (nSPS) is 12.8. The molecule has 2 atom stereocenters. The lowest BCUT2D eigenvalue weighted by Gasteiger charge is -2.22. The minimum atomic E-state index is -0.663. The Bertz CT molecular complexity index is 1340. The predicted molar refractivity (Wildman–Crippen MR) is 352 cm³/mol. The number of ether oxygens (including phenoxy) is 1. The third-order valence-electron chi connectivity index (χ3n) is 16.6. The standard InChI is InChI=1S/C74H139NO5/c1-3-5-7-9-11-13-15-17-18-36-40-44-48-52-56-60-64-68-74(79)80-69-65-61-57-53-49-45-41-38-35-33-31-29-27-25-23-21-19-20-22-24-26-28-30-32-34-37-39-43-47-51-55-59-63-67-73(78)75-71(70-76)72(77)66-62-58-54-50-46-42-16-14-12-10-8-6-4-2/h11,13,17-18,23,25,29,31,71-72,76-77H,3-10,12,14-16,19-22,24,26-28,30,32-70H2,1-2H3,(H,75,78)/b13-11-,18-17-,25-23-,31-29-. The van der Waals surface area contributed by atoms with Gasteiger partial charge in [-0.15, -0.1) is 0 Å². The molecule has 0 aliphatic heterocycles. The van der Waals surface area contributed by atoms with Gasteiger partial charge in [-0.3, -0.25) is 9.59 Å². The number of carbonyl (C=O) groups is 2. The van der Waals surface area contributed by atoms with E-state index in [9.17, 15) is 19.8 Å². The van der Waals surface area contributed by atoms with Gasteiger partial charge in [-0.2, -0.15) is 0 Å². The van der Waals surface area contributed by atoms with Crippen molar-refractivity contribution >= 4 is 11.9 Å². The van der Waals surface area contributed by atoms with Crippen LogP contribution in [0.2, 0.25) is 0 Å². The zero-order valence-corrected chi connectivity index (χ0v) is 53.8. The summed E-state index contributed by atoms with van der Waals surface area (Å²) >= 11 is 0. The van der Waals surface area contributed by atoms with Gasteiger partial charge < -0.3 is 20.3 Å². The first-order chi connectivity index (χ1) is 39.5. The van der Waals surface area contributed by atoms with E-state index < -0.39 is 12.1 Å². The summed E-state index contributed by atoms with van der Waals surface area (Å²) in [5, 5.41) is 23.3. The van der Waals surface area contributed by atoms with Crippen LogP contribution < -0.4 is 5.32 Å². The van der Waals surface area contributed by atoms with Crippen molar-refractivity contribution in [1.29, 1.82) is 0 Å². The van der Waals surface area contributed by atoms with Crippen LogP contribution in [-0.4, -0.2) is 47.4 Å². The molecule has 470 valence electrons. The van der Waals surface area contributed by atoms with Crippen LogP contribution in [0.3, 0.4) is 0 Å². The highest BCUT2D eigenvalue weighted by Crippen LogP contribution is 2.18. The molecule has 80 heavy (non-hydrogen) atoms. The zero-order valence-electron chi connectivity index (χ0n) is 53.8. The van der Waals surface area contributed by atoms with Crippen molar-refractivity contribution in [1.82, 2.24) is 5.32 Å². The van der Waals surface area contributed by atoms with Gasteiger partial charge in [-0.25, -0.2) is 0 Å². The van der Waals surface area contributed by atoms with E-state index in [1.807, 2.05) is 0 Å². The summed E-state index contributed by atoms with van der Waals surface area (Å²) in [7, 11) is 0.